The molecule has 0 aromatic heterocycles. The number of piperidine rings is 1. The molecule has 0 aromatic rings. The summed E-state index contributed by atoms with van der Waals surface area (Å²) >= 11 is 5.51. The maximum Gasteiger partial charge on any atom is 0.237 e. The number of rotatable bonds is 1. The molecule has 2 fully saturated rings. The van der Waals surface area contributed by atoms with E-state index in [0.717, 1.165) is 19.4 Å². The molecule has 0 N–H and O–H groups in total. The second-order valence-corrected chi connectivity index (χ2v) is 3.93. The van der Waals surface area contributed by atoms with Crippen LogP contribution in [0.5, 0.6) is 0 Å². The number of carbonyl (C=O) groups is 1. The van der Waals surface area contributed by atoms with Crippen LogP contribution in [0.3, 0.4) is 0 Å². The zero-order valence-electron chi connectivity index (χ0n) is 8.00. The number of amides is 1. The minimum absolute atomic E-state index is 0.0372. The van der Waals surface area contributed by atoms with Gasteiger partial charge in [0.2, 0.25) is 5.91 Å². The molecule has 2 heterocycles. The topological polar surface area (TPSA) is 38.8 Å². The average molecular weight is 220 g/mol. The van der Waals surface area contributed by atoms with E-state index in [2.05, 4.69) is 0 Å². The van der Waals surface area contributed by atoms with Crippen LogP contribution in [0.4, 0.5) is 0 Å². The number of likely N-dealkylation sites (tertiary alicyclic amines) is 1. The van der Waals surface area contributed by atoms with E-state index in [0.29, 0.717) is 19.8 Å². The molecular formula is C9H14ClNO3. The molecule has 4 nitrogen and oxygen atoms in total. The van der Waals surface area contributed by atoms with Crippen molar-refractivity contribution in [3.63, 3.8) is 0 Å². The van der Waals surface area contributed by atoms with Crippen molar-refractivity contribution < 1.29 is 14.3 Å². The molecule has 5 heteroatoms. The maximum absolute atomic E-state index is 11.4. The summed E-state index contributed by atoms with van der Waals surface area (Å²) in [5.74, 6) is -0.527. The molecular weight excluding hydrogens is 206 g/mol. The fourth-order valence-electron chi connectivity index (χ4n) is 2.02. The van der Waals surface area contributed by atoms with E-state index in [1.807, 2.05) is 0 Å². The third-order valence-corrected chi connectivity index (χ3v) is 2.93. The van der Waals surface area contributed by atoms with Crippen molar-refractivity contribution in [2.45, 2.75) is 18.6 Å². The molecule has 2 aliphatic heterocycles. The lowest BCUT2D eigenvalue weighted by molar-refractivity contribution is -0.192. The zero-order chi connectivity index (χ0) is 10.0. The van der Waals surface area contributed by atoms with Gasteiger partial charge in [-0.25, -0.2) is 0 Å². The Bertz CT molecular complexity index is 228. The first-order valence-corrected chi connectivity index (χ1v) is 5.41. The Labute approximate surface area is 88.1 Å². The Morgan fingerprint density at radius 3 is 2.79 bits per heavy atom. The molecule has 1 amide bonds. The third-order valence-electron chi connectivity index (χ3n) is 2.70. The third kappa shape index (κ3) is 1.87. The molecule has 1 spiro atoms. The lowest BCUT2D eigenvalue weighted by atomic mass is 10.0. The summed E-state index contributed by atoms with van der Waals surface area (Å²) in [7, 11) is 0. The highest BCUT2D eigenvalue weighted by Gasteiger charge is 2.41. The van der Waals surface area contributed by atoms with Gasteiger partial charge >= 0.3 is 0 Å². The summed E-state index contributed by atoms with van der Waals surface area (Å²) in [5, 5.41) is 0. The molecule has 0 saturated carbocycles. The lowest BCUT2D eigenvalue weighted by Gasteiger charge is -2.38. The fraction of sp³-hybridized carbons (Fsp3) is 0.889. The highest BCUT2D eigenvalue weighted by molar-refractivity contribution is 6.27. The summed E-state index contributed by atoms with van der Waals surface area (Å²) in [6, 6.07) is 0. The van der Waals surface area contributed by atoms with Crippen molar-refractivity contribution in [1.29, 1.82) is 0 Å². The van der Waals surface area contributed by atoms with E-state index in [4.69, 9.17) is 21.1 Å². The maximum atomic E-state index is 11.4. The van der Waals surface area contributed by atoms with Crippen LogP contribution in [0, 0.1) is 0 Å². The van der Waals surface area contributed by atoms with Gasteiger partial charge in [-0.2, -0.15) is 0 Å². The summed E-state index contributed by atoms with van der Waals surface area (Å²) in [4.78, 5) is 13.1. The van der Waals surface area contributed by atoms with Crippen molar-refractivity contribution in [3.8, 4) is 0 Å². The molecule has 80 valence electrons. The van der Waals surface area contributed by atoms with Gasteiger partial charge in [-0.15, -0.1) is 11.6 Å². The standard InChI is InChI=1S/C9H14ClNO3/c10-6-8(12)11-3-1-2-9(7-11)13-4-5-14-9/h1-7H2. The number of hydrogen-bond acceptors (Lipinski definition) is 3. The molecule has 0 aromatic carbocycles. The van der Waals surface area contributed by atoms with Gasteiger partial charge in [0.15, 0.2) is 5.79 Å². The first kappa shape index (κ1) is 10.2. The van der Waals surface area contributed by atoms with Gasteiger partial charge in [-0.1, -0.05) is 0 Å². The van der Waals surface area contributed by atoms with Crippen LogP contribution in [-0.4, -0.2) is 48.8 Å². The SMILES string of the molecule is O=C(CCl)N1CCCC2(C1)OCCO2. The van der Waals surface area contributed by atoms with Crippen LogP contribution in [0.15, 0.2) is 0 Å². The minimum Gasteiger partial charge on any atom is -0.346 e. The lowest BCUT2D eigenvalue weighted by Crippen LogP contribution is -2.51. The summed E-state index contributed by atoms with van der Waals surface area (Å²) in [6.07, 6.45) is 1.79. The highest BCUT2D eigenvalue weighted by Crippen LogP contribution is 2.29. The summed E-state index contributed by atoms with van der Waals surface area (Å²) in [6.45, 7) is 2.55. The van der Waals surface area contributed by atoms with Crippen LogP contribution < -0.4 is 0 Å². The van der Waals surface area contributed by atoms with Gasteiger partial charge in [0.25, 0.3) is 0 Å². The molecule has 0 bridgehead atoms. The molecule has 2 rings (SSSR count). The van der Waals surface area contributed by atoms with Crippen LogP contribution in [0.25, 0.3) is 0 Å². The number of carbonyl (C=O) groups excluding carboxylic acids is 1. The first-order valence-electron chi connectivity index (χ1n) is 4.87. The highest BCUT2D eigenvalue weighted by atomic mass is 35.5. The van der Waals surface area contributed by atoms with Crippen LogP contribution >= 0.6 is 11.6 Å². The van der Waals surface area contributed by atoms with E-state index in [1.165, 1.54) is 0 Å². The second kappa shape index (κ2) is 4.04. The Kier molecular flexibility index (Phi) is 2.95. The van der Waals surface area contributed by atoms with Gasteiger partial charge in [0, 0.05) is 13.0 Å². The second-order valence-electron chi connectivity index (χ2n) is 3.66. The smallest absolute Gasteiger partial charge is 0.237 e. The molecule has 0 unspecified atom stereocenters. The Balaban J connectivity index is 1.99. The normalized spacial score (nSPS) is 25.6. The van der Waals surface area contributed by atoms with Gasteiger partial charge in [-0.3, -0.25) is 4.79 Å². The van der Waals surface area contributed by atoms with E-state index >= 15 is 0 Å². The van der Waals surface area contributed by atoms with E-state index in [1.54, 1.807) is 4.90 Å². The van der Waals surface area contributed by atoms with Crippen LogP contribution in [-0.2, 0) is 14.3 Å². The van der Waals surface area contributed by atoms with Crippen LogP contribution in [0.2, 0.25) is 0 Å². The molecule has 14 heavy (non-hydrogen) atoms. The summed E-state index contributed by atoms with van der Waals surface area (Å²) in [5.41, 5.74) is 0. The number of halogens is 1. The Hall–Kier alpha value is -0.320. The molecule has 0 aliphatic carbocycles. The van der Waals surface area contributed by atoms with Crippen LogP contribution in [0.1, 0.15) is 12.8 Å². The Morgan fingerprint density at radius 2 is 2.14 bits per heavy atom. The van der Waals surface area contributed by atoms with Crippen molar-refractivity contribution in [3.05, 3.63) is 0 Å². The van der Waals surface area contributed by atoms with Crippen molar-refractivity contribution in [1.82, 2.24) is 4.90 Å². The largest absolute Gasteiger partial charge is 0.346 e. The zero-order valence-corrected chi connectivity index (χ0v) is 8.76. The van der Waals surface area contributed by atoms with Gasteiger partial charge in [-0.05, 0) is 6.42 Å². The van der Waals surface area contributed by atoms with Crippen molar-refractivity contribution in [2.75, 3.05) is 32.2 Å². The number of alkyl halides is 1. The van der Waals surface area contributed by atoms with E-state index in [-0.39, 0.29) is 11.8 Å². The first-order chi connectivity index (χ1) is 6.76. The molecule has 0 radical (unpaired) electrons. The Morgan fingerprint density at radius 1 is 1.43 bits per heavy atom. The summed E-state index contributed by atoms with van der Waals surface area (Å²) < 4.78 is 11.1. The predicted molar refractivity (Wildman–Crippen MR) is 51.2 cm³/mol. The van der Waals surface area contributed by atoms with Crippen molar-refractivity contribution >= 4 is 17.5 Å². The monoisotopic (exact) mass is 219 g/mol. The molecule has 0 atom stereocenters. The van der Waals surface area contributed by atoms with Gasteiger partial charge < -0.3 is 14.4 Å². The predicted octanol–water partition coefficient (Wildman–Crippen LogP) is 0.591. The average Bonchev–Trinajstić information content (AvgIpc) is 2.65. The van der Waals surface area contributed by atoms with E-state index in [9.17, 15) is 4.79 Å². The molecule has 2 saturated heterocycles. The number of ether oxygens (including phenoxy) is 2. The fourth-order valence-corrected chi connectivity index (χ4v) is 2.19. The number of hydrogen-bond donors (Lipinski definition) is 0. The van der Waals surface area contributed by atoms with Gasteiger partial charge in [0.1, 0.15) is 5.88 Å². The van der Waals surface area contributed by atoms with Gasteiger partial charge in [0.05, 0.1) is 19.8 Å². The van der Waals surface area contributed by atoms with E-state index < -0.39 is 5.79 Å². The minimum atomic E-state index is -0.528. The quantitative estimate of drug-likeness (QED) is 0.606. The van der Waals surface area contributed by atoms with Crippen molar-refractivity contribution in [2.24, 2.45) is 0 Å². The number of nitrogens with zero attached hydrogens (tertiary/aromatic N) is 1. The molecule has 2 aliphatic rings.